The van der Waals surface area contributed by atoms with Crippen molar-refractivity contribution in [2.45, 2.75) is 32.5 Å². The van der Waals surface area contributed by atoms with Gasteiger partial charge in [0, 0.05) is 13.7 Å². The molecule has 0 saturated carbocycles. The summed E-state index contributed by atoms with van der Waals surface area (Å²) in [6, 6.07) is 0. The first kappa shape index (κ1) is 11.4. The maximum atomic E-state index is 11.1. The van der Waals surface area contributed by atoms with Crippen molar-refractivity contribution in [1.29, 1.82) is 0 Å². The lowest BCUT2D eigenvalue weighted by Gasteiger charge is -2.15. The summed E-state index contributed by atoms with van der Waals surface area (Å²) in [5.41, 5.74) is 5.28. The van der Waals surface area contributed by atoms with Crippen LogP contribution < -0.4 is 5.73 Å². The first-order valence-electron chi connectivity index (χ1n) is 4.09. The minimum Gasteiger partial charge on any atom is -0.461 e. The molecule has 0 aliphatic rings. The van der Waals surface area contributed by atoms with Gasteiger partial charge in [-0.2, -0.15) is 0 Å². The van der Waals surface area contributed by atoms with Crippen molar-refractivity contribution >= 4 is 5.97 Å². The number of hydrogen-bond donors (Lipinski definition) is 1. The molecule has 4 heteroatoms. The normalized spacial score (nSPS) is 15.3. The minimum atomic E-state index is -0.626. The second-order valence-corrected chi connectivity index (χ2v) is 2.62. The molecule has 0 aromatic carbocycles. The Labute approximate surface area is 73.0 Å². The summed E-state index contributed by atoms with van der Waals surface area (Å²) < 4.78 is 9.81. The number of hydrogen-bond acceptors (Lipinski definition) is 4. The summed E-state index contributed by atoms with van der Waals surface area (Å²) in [6.45, 7) is 3.94. The fraction of sp³-hybridized carbons (Fsp3) is 0.875. The predicted molar refractivity (Wildman–Crippen MR) is 45.7 cm³/mol. The Balaban J connectivity index is 3.84. The number of ether oxygens (including phenoxy) is 2. The van der Waals surface area contributed by atoms with Crippen LogP contribution in [0.4, 0.5) is 0 Å². The first-order valence-corrected chi connectivity index (χ1v) is 4.09. The molecule has 0 amide bonds. The van der Waals surface area contributed by atoms with Gasteiger partial charge < -0.3 is 15.2 Å². The molecule has 0 bridgehead atoms. The molecule has 0 radical (unpaired) electrons. The predicted octanol–water partition coefficient (Wildman–Crippen LogP) is 0.302. The van der Waals surface area contributed by atoms with Crippen LogP contribution in [0.5, 0.6) is 0 Å². The molecule has 4 nitrogen and oxygen atoms in total. The molecule has 12 heavy (non-hydrogen) atoms. The van der Waals surface area contributed by atoms with E-state index in [0.29, 0.717) is 0 Å². The molecular weight excluding hydrogens is 158 g/mol. The molecule has 0 saturated heterocycles. The molecule has 2 N–H and O–H groups in total. The van der Waals surface area contributed by atoms with E-state index in [1.807, 2.05) is 13.8 Å². The zero-order chi connectivity index (χ0) is 9.56. The van der Waals surface area contributed by atoms with Crippen molar-refractivity contribution in [2.24, 2.45) is 5.73 Å². The summed E-state index contributed by atoms with van der Waals surface area (Å²) in [4.78, 5) is 11.1. The third-order valence-corrected chi connectivity index (χ3v) is 1.65. The van der Waals surface area contributed by atoms with Crippen LogP contribution in [0.15, 0.2) is 0 Å². The highest BCUT2D eigenvalue weighted by Gasteiger charge is 2.18. The van der Waals surface area contributed by atoms with Crippen molar-refractivity contribution in [2.75, 3.05) is 13.7 Å². The van der Waals surface area contributed by atoms with E-state index in [1.54, 1.807) is 0 Å². The Morgan fingerprint density at radius 3 is 2.50 bits per heavy atom. The van der Waals surface area contributed by atoms with Crippen molar-refractivity contribution < 1.29 is 14.3 Å². The van der Waals surface area contributed by atoms with Crippen molar-refractivity contribution in [3.63, 3.8) is 0 Å². The smallest absolute Gasteiger partial charge is 0.336 e. The summed E-state index contributed by atoms with van der Waals surface area (Å²) in [5.74, 6) is -0.380. The van der Waals surface area contributed by atoms with E-state index < -0.39 is 6.10 Å². The molecule has 0 fully saturated rings. The van der Waals surface area contributed by atoms with Crippen LogP contribution >= 0.6 is 0 Å². The van der Waals surface area contributed by atoms with Crippen LogP contribution in [0.25, 0.3) is 0 Å². The number of rotatable bonds is 5. The average Bonchev–Trinajstić information content (AvgIpc) is 2.06. The Bertz CT molecular complexity index is 134. The highest BCUT2D eigenvalue weighted by Crippen LogP contribution is 2.00. The maximum absolute atomic E-state index is 11.1. The Kier molecular flexibility index (Phi) is 5.66. The van der Waals surface area contributed by atoms with Gasteiger partial charge in [-0.1, -0.05) is 6.92 Å². The Morgan fingerprint density at radius 1 is 1.58 bits per heavy atom. The van der Waals surface area contributed by atoms with Gasteiger partial charge in [0.25, 0.3) is 0 Å². The topological polar surface area (TPSA) is 61.5 Å². The van der Waals surface area contributed by atoms with Crippen LogP contribution in [0.3, 0.4) is 0 Å². The molecule has 2 atom stereocenters. The zero-order valence-electron chi connectivity index (χ0n) is 7.87. The van der Waals surface area contributed by atoms with Crippen LogP contribution in [-0.2, 0) is 14.3 Å². The van der Waals surface area contributed by atoms with E-state index in [1.165, 1.54) is 7.11 Å². The van der Waals surface area contributed by atoms with Crippen molar-refractivity contribution in [1.82, 2.24) is 0 Å². The number of esters is 1. The third kappa shape index (κ3) is 3.69. The number of carbonyl (C=O) groups is 1. The summed E-state index contributed by atoms with van der Waals surface area (Å²) in [5, 5.41) is 0. The van der Waals surface area contributed by atoms with E-state index in [-0.39, 0.29) is 18.6 Å². The lowest BCUT2D eigenvalue weighted by molar-refractivity contribution is -0.159. The van der Waals surface area contributed by atoms with E-state index in [4.69, 9.17) is 15.2 Å². The van der Waals surface area contributed by atoms with Gasteiger partial charge in [-0.05, 0) is 13.3 Å². The SMILES string of the molecule is CCC(C)OC(=O)C(CN)OC. The highest BCUT2D eigenvalue weighted by molar-refractivity contribution is 5.75. The molecule has 0 rings (SSSR count). The van der Waals surface area contributed by atoms with Gasteiger partial charge in [-0.25, -0.2) is 4.79 Å². The second kappa shape index (κ2) is 5.97. The van der Waals surface area contributed by atoms with Crippen molar-refractivity contribution in [3.8, 4) is 0 Å². The molecule has 0 spiro atoms. The fourth-order valence-corrected chi connectivity index (χ4v) is 0.646. The van der Waals surface area contributed by atoms with E-state index in [0.717, 1.165) is 6.42 Å². The fourth-order valence-electron chi connectivity index (χ4n) is 0.646. The molecular formula is C8H17NO3. The number of carbonyl (C=O) groups excluding carboxylic acids is 1. The average molecular weight is 175 g/mol. The summed E-state index contributed by atoms with van der Waals surface area (Å²) in [7, 11) is 1.44. The summed E-state index contributed by atoms with van der Waals surface area (Å²) >= 11 is 0. The molecule has 0 aliphatic carbocycles. The van der Waals surface area contributed by atoms with E-state index in [9.17, 15) is 4.79 Å². The van der Waals surface area contributed by atoms with Gasteiger partial charge in [0.15, 0.2) is 6.10 Å². The van der Waals surface area contributed by atoms with Gasteiger partial charge in [-0.15, -0.1) is 0 Å². The van der Waals surface area contributed by atoms with Gasteiger partial charge in [0.2, 0.25) is 0 Å². The standard InChI is InChI=1S/C8H17NO3/c1-4-6(2)12-8(10)7(5-9)11-3/h6-7H,4-5,9H2,1-3H3. The Hall–Kier alpha value is -0.610. The molecule has 2 unspecified atom stereocenters. The zero-order valence-corrected chi connectivity index (χ0v) is 7.87. The van der Waals surface area contributed by atoms with E-state index in [2.05, 4.69) is 0 Å². The van der Waals surface area contributed by atoms with Gasteiger partial charge in [0.05, 0.1) is 6.10 Å². The van der Waals surface area contributed by atoms with Crippen molar-refractivity contribution in [3.05, 3.63) is 0 Å². The largest absolute Gasteiger partial charge is 0.461 e. The van der Waals surface area contributed by atoms with Crippen LogP contribution in [0, 0.1) is 0 Å². The quantitative estimate of drug-likeness (QED) is 0.610. The highest BCUT2D eigenvalue weighted by atomic mass is 16.6. The molecule has 72 valence electrons. The van der Waals surface area contributed by atoms with Crippen LogP contribution in [-0.4, -0.2) is 31.8 Å². The lowest BCUT2D eigenvalue weighted by Crippen LogP contribution is -2.34. The third-order valence-electron chi connectivity index (χ3n) is 1.65. The first-order chi connectivity index (χ1) is 5.65. The lowest BCUT2D eigenvalue weighted by atomic mass is 10.3. The van der Waals surface area contributed by atoms with Gasteiger partial charge in [0.1, 0.15) is 0 Å². The van der Waals surface area contributed by atoms with E-state index >= 15 is 0 Å². The van der Waals surface area contributed by atoms with Crippen LogP contribution in [0.1, 0.15) is 20.3 Å². The molecule has 0 aromatic heterocycles. The second-order valence-electron chi connectivity index (χ2n) is 2.62. The van der Waals surface area contributed by atoms with Gasteiger partial charge >= 0.3 is 5.97 Å². The number of nitrogens with two attached hydrogens (primary N) is 1. The van der Waals surface area contributed by atoms with Crippen LogP contribution in [0.2, 0.25) is 0 Å². The number of methoxy groups -OCH3 is 1. The monoisotopic (exact) mass is 175 g/mol. The Morgan fingerprint density at radius 2 is 2.17 bits per heavy atom. The molecule has 0 aromatic rings. The molecule has 0 aliphatic heterocycles. The maximum Gasteiger partial charge on any atom is 0.336 e. The minimum absolute atomic E-state index is 0.0679. The van der Waals surface area contributed by atoms with Gasteiger partial charge in [-0.3, -0.25) is 0 Å². The summed E-state index contributed by atoms with van der Waals surface area (Å²) in [6.07, 6.45) is 0.105. The molecule has 0 heterocycles.